The minimum atomic E-state index is 0.0106. The fourth-order valence-corrected chi connectivity index (χ4v) is 19.7. The van der Waals surface area contributed by atoms with E-state index in [2.05, 4.69) is 322 Å². The van der Waals surface area contributed by atoms with E-state index in [1.165, 1.54) is 223 Å². The van der Waals surface area contributed by atoms with E-state index in [4.69, 9.17) is 4.74 Å². The molecule has 108 heavy (non-hydrogen) atoms. The first kappa shape index (κ1) is 65.4. The van der Waals surface area contributed by atoms with Crippen molar-refractivity contribution in [2.75, 3.05) is 7.11 Å². The molecule has 0 saturated heterocycles. The molecule has 0 aliphatic carbocycles. The summed E-state index contributed by atoms with van der Waals surface area (Å²) in [7, 11) is 1.80. The summed E-state index contributed by atoms with van der Waals surface area (Å²) in [5.41, 5.74) is 22.9. The molecule has 15 aromatic carbocycles. The maximum absolute atomic E-state index is 6.01. The van der Waals surface area contributed by atoms with Crippen molar-refractivity contribution in [3.63, 3.8) is 0 Å². The number of aromatic nitrogens is 3. The van der Waals surface area contributed by atoms with Gasteiger partial charge in [-0.25, -0.2) is 0 Å². The largest absolute Gasteiger partial charge is 0.497 e. The second kappa shape index (κ2) is 23.5. The van der Waals surface area contributed by atoms with E-state index < -0.39 is 0 Å². The van der Waals surface area contributed by atoms with Crippen molar-refractivity contribution < 1.29 is 4.74 Å². The lowest BCUT2D eigenvalue weighted by molar-refractivity contribution is 0.416. The van der Waals surface area contributed by atoms with Gasteiger partial charge in [0, 0.05) is 64.6 Å². The Hall–Kier alpha value is -10.9. The molecule has 0 aliphatic heterocycles. The molecule has 0 radical (unpaired) electrons. The standard InChI is InChI=1S/C104H93N3O/c1-55(2)62-19-25-68-45-97-85(39-75(68)31-62)91-51-81(104(11,12)13)52-92-86-43-79-35-66(23-29-72(79)49-98(86)106(97)102(91)92)60(9)17-15-58(7)64-21-27-70-47-95-83(41-77(70)33-64)89-37-74(57(5)6)38-90-84-42-78-34-65(22-28-71(78)48-96(84)105(95)101(89)90)59(8)16-18-61(10)67-24-30-73-50-100-88(44-80(73)36-67)94-54-82(108-14)53-93-87-40-76-32-63(56(3)4)20-26-69(76)46-99(87)107(100)103(93)94/h19-61H,15-18H2,1-14H3. The van der Waals surface area contributed by atoms with Crippen molar-refractivity contribution in [1.82, 2.24) is 13.2 Å². The van der Waals surface area contributed by atoms with Crippen LogP contribution in [0, 0.1) is 0 Å². The SMILES string of the molecule is COc1cc2c3cc4cc(C(C)C)ccc4cc3n3c4cc5ccc(C(C)CCC(C)c6ccc7cc8c(cc7c6)c6cc(C(C)C)cc7c9cc%10cc(C(C)CCC(C)c%11ccc%12cc%13c(cc%12c%11)c%11cc(C(C)(C)C)cc%12c%14cc%15cc(C(C)C)ccc%15cc%14n%13c%12%11)ccc%10cc9n8c67)cc5cc4c(c1)c23. The first-order chi connectivity index (χ1) is 52.1. The third kappa shape index (κ3) is 9.79. The number of rotatable bonds is 14. The predicted octanol–water partition coefficient (Wildman–Crippen LogP) is 30.1. The maximum atomic E-state index is 6.01. The van der Waals surface area contributed by atoms with Crippen LogP contribution < -0.4 is 4.74 Å². The average molecular weight is 1400 g/mol. The molecule has 4 unspecified atom stereocenters. The Morgan fingerprint density at radius 2 is 0.472 bits per heavy atom. The molecule has 0 fully saturated rings. The van der Waals surface area contributed by atoms with E-state index in [0.29, 0.717) is 41.4 Å². The van der Waals surface area contributed by atoms with Gasteiger partial charge in [0.2, 0.25) is 0 Å². The van der Waals surface area contributed by atoms with Crippen LogP contribution in [0.5, 0.6) is 5.75 Å². The summed E-state index contributed by atoms with van der Waals surface area (Å²) in [6.07, 6.45) is 4.45. The zero-order valence-electron chi connectivity index (χ0n) is 64.9. The van der Waals surface area contributed by atoms with Crippen LogP contribution in [0.1, 0.15) is 202 Å². The molecule has 0 bridgehead atoms. The molecule has 21 aromatic rings. The van der Waals surface area contributed by atoms with Crippen molar-refractivity contribution >= 4 is 179 Å². The minimum absolute atomic E-state index is 0.0106. The average Bonchev–Trinajstić information content (AvgIpc) is 1.55. The summed E-state index contributed by atoms with van der Waals surface area (Å²) < 4.78 is 13.7. The molecule has 0 aliphatic rings. The Bertz CT molecular complexity index is 7380. The molecule has 6 aromatic heterocycles. The highest BCUT2D eigenvalue weighted by Crippen LogP contribution is 2.49. The Labute approximate surface area is 631 Å². The number of methoxy groups -OCH3 is 1. The van der Waals surface area contributed by atoms with Crippen LogP contribution >= 0.6 is 0 Å². The van der Waals surface area contributed by atoms with Crippen LogP contribution in [0.15, 0.2) is 218 Å². The summed E-state index contributed by atoms with van der Waals surface area (Å²) >= 11 is 0. The molecule has 6 heterocycles. The molecule has 0 amide bonds. The molecular weight excluding hydrogens is 1310 g/mol. The third-order valence-corrected chi connectivity index (χ3v) is 26.5. The van der Waals surface area contributed by atoms with Crippen LogP contribution in [0.3, 0.4) is 0 Å². The highest BCUT2D eigenvalue weighted by atomic mass is 16.5. The summed E-state index contributed by atoms with van der Waals surface area (Å²) in [5.74, 6) is 3.91. The van der Waals surface area contributed by atoms with Crippen LogP contribution in [-0.4, -0.2) is 20.3 Å². The maximum Gasteiger partial charge on any atom is 0.120 e. The van der Waals surface area contributed by atoms with Gasteiger partial charge in [0.25, 0.3) is 0 Å². The molecule has 4 heteroatoms. The number of benzene rings is 15. The second-order valence-electron chi connectivity index (χ2n) is 35.3. The van der Waals surface area contributed by atoms with Gasteiger partial charge in [-0.3, -0.25) is 0 Å². The lowest BCUT2D eigenvalue weighted by atomic mass is 9.85. The van der Waals surface area contributed by atoms with E-state index >= 15 is 0 Å². The number of fused-ring (bicyclic) bond motifs is 24. The molecule has 4 atom stereocenters. The normalized spacial score (nSPS) is 14.3. The van der Waals surface area contributed by atoms with Gasteiger partial charge in [-0.2, -0.15) is 0 Å². The zero-order valence-corrected chi connectivity index (χ0v) is 64.9. The predicted molar refractivity (Wildman–Crippen MR) is 468 cm³/mol. The van der Waals surface area contributed by atoms with Gasteiger partial charge in [0.05, 0.1) is 56.8 Å². The van der Waals surface area contributed by atoms with Crippen molar-refractivity contribution in [2.24, 2.45) is 0 Å². The fraction of sp³-hybridized carbons (Fsp3) is 0.250. The van der Waals surface area contributed by atoms with E-state index in [0.717, 1.165) is 31.4 Å². The van der Waals surface area contributed by atoms with Crippen LogP contribution in [-0.2, 0) is 5.41 Å². The summed E-state index contributed by atoms with van der Waals surface area (Å²) in [5, 5.41) is 31.5. The Balaban J connectivity index is 0.545. The highest BCUT2D eigenvalue weighted by Gasteiger charge is 2.28. The van der Waals surface area contributed by atoms with Crippen LogP contribution in [0.2, 0.25) is 0 Å². The van der Waals surface area contributed by atoms with E-state index in [9.17, 15) is 0 Å². The van der Waals surface area contributed by atoms with Gasteiger partial charge in [-0.15, -0.1) is 0 Å². The lowest BCUT2D eigenvalue weighted by Gasteiger charge is -2.19. The highest BCUT2D eigenvalue weighted by molar-refractivity contribution is 6.29. The van der Waals surface area contributed by atoms with Gasteiger partial charge in [-0.1, -0.05) is 199 Å². The Kier molecular flexibility index (Phi) is 14.2. The summed E-state index contributed by atoms with van der Waals surface area (Å²) in [4.78, 5) is 0. The first-order valence-corrected chi connectivity index (χ1v) is 40.1. The quantitative estimate of drug-likeness (QED) is 0.106. The molecule has 0 spiro atoms. The molecular formula is C104H93N3O. The Morgan fingerprint density at radius 3 is 0.713 bits per heavy atom. The first-order valence-electron chi connectivity index (χ1n) is 40.1. The molecule has 530 valence electrons. The number of hydrogen-bond donors (Lipinski definition) is 0. The van der Waals surface area contributed by atoms with E-state index in [1.807, 2.05) is 0 Å². The van der Waals surface area contributed by atoms with Gasteiger partial charge in [-0.05, 0) is 291 Å². The van der Waals surface area contributed by atoms with Crippen molar-refractivity contribution in [1.29, 1.82) is 0 Å². The van der Waals surface area contributed by atoms with Crippen molar-refractivity contribution in [2.45, 2.75) is 163 Å². The molecule has 4 nitrogen and oxygen atoms in total. The minimum Gasteiger partial charge on any atom is -0.497 e. The van der Waals surface area contributed by atoms with Crippen molar-refractivity contribution in [3.8, 4) is 5.75 Å². The molecule has 0 saturated carbocycles. The lowest BCUT2D eigenvalue weighted by Crippen LogP contribution is -2.10. The molecule has 21 rings (SSSR count). The van der Waals surface area contributed by atoms with E-state index in [1.54, 1.807) is 7.11 Å². The number of hydrogen-bond acceptors (Lipinski definition) is 1. The van der Waals surface area contributed by atoms with Crippen molar-refractivity contribution in [3.05, 3.63) is 263 Å². The van der Waals surface area contributed by atoms with Gasteiger partial charge in [0.15, 0.2) is 0 Å². The van der Waals surface area contributed by atoms with Gasteiger partial charge in [0.1, 0.15) is 5.75 Å². The zero-order chi connectivity index (χ0) is 73.5. The second-order valence-corrected chi connectivity index (χ2v) is 35.3. The topological polar surface area (TPSA) is 22.5 Å². The van der Waals surface area contributed by atoms with Crippen LogP contribution in [0.4, 0.5) is 0 Å². The fourth-order valence-electron chi connectivity index (χ4n) is 19.7. The third-order valence-electron chi connectivity index (χ3n) is 26.5. The summed E-state index contributed by atoms with van der Waals surface area (Å²) in [6, 6.07) is 87.2. The molecule has 0 N–H and O–H groups in total. The number of ether oxygens (including phenoxy) is 1. The summed E-state index contributed by atoms with van der Waals surface area (Å²) in [6.45, 7) is 30.7. The monoisotopic (exact) mass is 1400 g/mol. The van der Waals surface area contributed by atoms with Gasteiger partial charge >= 0.3 is 0 Å². The smallest absolute Gasteiger partial charge is 0.120 e. The van der Waals surface area contributed by atoms with E-state index in [-0.39, 0.29) is 5.41 Å². The van der Waals surface area contributed by atoms with Gasteiger partial charge < -0.3 is 17.9 Å². The Morgan fingerprint density at radius 1 is 0.241 bits per heavy atom. The van der Waals surface area contributed by atoms with Crippen LogP contribution in [0.25, 0.3) is 179 Å². The number of nitrogens with zero attached hydrogens (tertiary/aromatic N) is 3.